The summed E-state index contributed by atoms with van der Waals surface area (Å²) in [6.07, 6.45) is 0. The average molecular weight is 444 g/mol. The van der Waals surface area contributed by atoms with Gasteiger partial charge in [-0.3, -0.25) is 19.8 Å². The lowest BCUT2D eigenvalue weighted by molar-refractivity contribution is -0.385. The Morgan fingerprint density at radius 1 is 1.22 bits per heavy atom. The van der Waals surface area contributed by atoms with E-state index in [1.165, 1.54) is 6.07 Å². The second kappa shape index (κ2) is 10.9. The number of nitro benzene ring substituents is 1. The standard InChI is InChI=1S/C23H29N3O6/c1-4-32-21-8-7-17(14-22(21)30-3)20(25-9-11-31-12-10-25)15-24-23(27)18-6-5-16(2)19(13-18)26(28)29/h5-8,13-14,20H,4,9-12,15H2,1-3H3,(H,24,27). The lowest BCUT2D eigenvalue weighted by Crippen LogP contribution is -2.43. The summed E-state index contributed by atoms with van der Waals surface area (Å²) in [5, 5.41) is 14.2. The number of benzene rings is 2. The molecular weight excluding hydrogens is 414 g/mol. The van der Waals surface area contributed by atoms with Gasteiger partial charge in [0.05, 0.1) is 37.9 Å². The average Bonchev–Trinajstić information content (AvgIpc) is 2.80. The third kappa shape index (κ3) is 5.54. The Morgan fingerprint density at radius 2 is 1.97 bits per heavy atom. The quantitative estimate of drug-likeness (QED) is 0.469. The van der Waals surface area contributed by atoms with Gasteiger partial charge in [-0.05, 0) is 37.6 Å². The Bertz CT molecular complexity index is 959. The number of ether oxygens (including phenoxy) is 3. The summed E-state index contributed by atoms with van der Waals surface area (Å²) in [6.45, 7) is 7.10. The van der Waals surface area contributed by atoms with Crippen LogP contribution in [0.4, 0.5) is 5.69 Å². The molecule has 1 aliphatic heterocycles. The van der Waals surface area contributed by atoms with Gasteiger partial charge >= 0.3 is 0 Å². The molecule has 1 aliphatic rings. The maximum absolute atomic E-state index is 12.8. The molecule has 3 rings (SSSR count). The van der Waals surface area contributed by atoms with E-state index in [0.717, 1.165) is 18.7 Å². The molecule has 0 spiro atoms. The van der Waals surface area contributed by atoms with E-state index in [-0.39, 0.29) is 23.2 Å². The van der Waals surface area contributed by atoms with Crippen LogP contribution in [-0.2, 0) is 4.74 Å². The molecule has 9 nitrogen and oxygen atoms in total. The number of rotatable bonds is 9. The highest BCUT2D eigenvalue weighted by Gasteiger charge is 2.25. The van der Waals surface area contributed by atoms with Gasteiger partial charge in [-0.15, -0.1) is 0 Å². The molecule has 0 radical (unpaired) electrons. The zero-order chi connectivity index (χ0) is 23.1. The summed E-state index contributed by atoms with van der Waals surface area (Å²) in [6, 6.07) is 10.1. The highest BCUT2D eigenvalue weighted by Crippen LogP contribution is 2.32. The summed E-state index contributed by atoms with van der Waals surface area (Å²) in [5.41, 5.74) is 1.67. The van der Waals surface area contributed by atoms with E-state index < -0.39 is 4.92 Å². The highest BCUT2D eigenvalue weighted by atomic mass is 16.6. The molecular formula is C23H29N3O6. The number of methoxy groups -OCH3 is 1. The van der Waals surface area contributed by atoms with Crippen molar-refractivity contribution in [3.63, 3.8) is 0 Å². The molecule has 2 aromatic rings. The fraction of sp³-hybridized carbons (Fsp3) is 0.435. The Labute approximate surface area is 187 Å². The number of carbonyl (C=O) groups is 1. The van der Waals surface area contributed by atoms with Crippen LogP contribution < -0.4 is 14.8 Å². The van der Waals surface area contributed by atoms with E-state index in [2.05, 4.69) is 10.2 Å². The van der Waals surface area contributed by atoms with Crippen LogP contribution in [0, 0.1) is 17.0 Å². The first-order valence-electron chi connectivity index (χ1n) is 10.6. The minimum absolute atomic E-state index is 0.0707. The molecule has 1 amide bonds. The molecule has 1 heterocycles. The van der Waals surface area contributed by atoms with Gasteiger partial charge in [-0.2, -0.15) is 0 Å². The molecule has 0 bridgehead atoms. The minimum atomic E-state index is -0.477. The van der Waals surface area contributed by atoms with E-state index in [0.29, 0.717) is 43.4 Å². The fourth-order valence-electron chi connectivity index (χ4n) is 3.75. The van der Waals surface area contributed by atoms with Crippen molar-refractivity contribution in [2.24, 2.45) is 0 Å². The van der Waals surface area contributed by atoms with Gasteiger partial charge in [-0.1, -0.05) is 12.1 Å². The van der Waals surface area contributed by atoms with Gasteiger partial charge in [-0.25, -0.2) is 0 Å². The van der Waals surface area contributed by atoms with E-state index in [1.807, 2.05) is 25.1 Å². The Hall–Kier alpha value is -3.17. The van der Waals surface area contributed by atoms with Crippen molar-refractivity contribution in [1.29, 1.82) is 0 Å². The van der Waals surface area contributed by atoms with Gasteiger partial charge in [0.1, 0.15) is 0 Å². The van der Waals surface area contributed by atoms with Crippen LogP contribution in [0.3, 0.4) is 0 Å². The number of nitrogens with one attached hydrogen (secondary N) is 1. The molecule has 1 unspecified atom stereocenters. The van der Waals surface area contributed by atoms with Crippen molar-refractivity contribution < 1.29 is 23.9 Å². The molecule has 9 heteroatoms. The number of nitrogens with zero attached hydrogens (tertiary/aromatic N) is 2. The molecule has 2 aromatic carbocycles. The van der Waals surface area contributed by atoms with Gasteiger partial charge in [0, 0.05) is 36.8 Å². The Balaban J connectivity index is 1.82. The molecule has 0 aromatic heterocycles. The molecule has 1 atom stereocenters. The van der Waals surface area contributed by atoms with Crippen molar-refractivity contribution in [1.82, 2.24) is 10.2 Å². The van der Waals surface area contributed by atoms with Crippen LogP contribution in [0.5, 0.6) is 11.5 Å². The van der Waals surface area contributed by atoms with Gasteiger partial charge in [0.25, 0.3) is 11.6 Å². The van der Waals surface area contributed by atoms with Crippen LogP contribution in [0.2, 0.25) is 0 Å². The van der Waals surface area contributed by atoms with Gasteiger partial charge in [0.15, 0.2) is 11.5 Å². The monoisotopic (exact) mass is 443 g/mol. The topological polar surface area (TPSA) is 103 Å². The van der Waals surface area contributed by atoms with Gasteiger partial charge < -0.3 is 19.5 Å². The molecule has 32 heavy (non-hydrogen) atoms. The summed E-state index contributed by atoms with van der Waals surface area (Å²) >= 11 is 0. The molecule has 1 saturated heterocycles. The fourth-order valence-corrected chi connectivity index (χ4v) is 3.75. The van der Waals surface area contributed by atoms with Crippen LogP contribution >= 0.6 is 0 Å². The predicted molar refractivity (Wildman–Crippen MR) is 119 cm³/mol. The number of aryl methyl sites for hydroxylation is 1. The van der Waals surface area contributed by atoms with Crippen molar-refractivity contribution in [2.75, 3.05) is 46.6 Å². The Morgan fingerprint density at radius 3 is 2.62 bits per heavy atom. The first kappa shape index (κ1) is 23.5. The zero-order valence-electron chi connectivity index (χ0n) is 18.6. The van der Waals surface area contributed by atoms with E-state index in [4.69, 9.17) is 14.2 Å². The minimum Gasteiger partial charge on any atom is -0.493 e. The third-order valence-electron chi connectivity index (χ3n) is 5.48. The highest BCUT2D eigenvalue weighted by molar-refractivity contribution is 5.95. The predicted octanol–water partition coefficient (Wildman–Crippen LogP) is 3.11. The van der Waals surface area contributed by atoms with Crippen LogP contribution in [0.15, 0.2) is 36.4 Å². The van der Waals surface area contributed by atoms with Crippen LogP contribution in [-0.4, -0.2) is 62.3 Å². The largest absolute Gasteiger partial charge is 0.493 e. The maximum Gasteiger partial charge on any atom is 0.273 e. The third-order valence-corrected chi connectivity index (χ3v) is 5.48. The number of nitro groups is 1. The maximum atomic E-state index is 12.8. The number of hydrogen-bond donors (Lipinski definition) is 1. The Kier molecular flexibility index (Phi) is 8.02. The normalized spacial score (nSPS) is 15.1. The first-order chi connectivity index (χ1) is 15.4. The van der Waals surface area contributed by atoms with Crippen molar-refractivity contribution in [2.45, 2.75) is 19.9 Å². The first-order valence-corrected chi connectivity index (χ1v) is 10.6. The number of morpholine rings is 1. The number of carbonyl (C=O) groups excluding carboxylic acids is 1. The van der Waals surface area contributed by atoms with E-state index in [9.17, 15) is 14.9 Å². The number of hydrogen-bond acceptors (Lipinski definition) is 7. The summed E-state index contributed by atoms with van der Waals surface area (Å²) in [4.78, 5) is 25.8. The lowest BCUT2D eigenvalue weighted by atomic mass is 10.0. The smallest absolute Gasteiger partial charge is 0.273 e. The van der Waals surface area contributed by atoms with Crippen molar-refractivity contribution in [3.05, 3.63) is 63.2 Å². The lowest BCUT2D eigenvalue weighted by Gasteiger charge is -2.35. The molecule has 0 aliphatic carbocycles. The second-order valence-corrected chi connectivity index (χ2v) is 7.48. The van der Waals surface area contributed by atoms with E-state index in [1.54, 1.807) is 26.2 Å². The van der Waals surface area contributed by atoms with Crippen molar-refractivity contribution >= 4 is 11.6 Å². The molecule has 0 saturated carbocycles. The van der Waals surface area contributed by atoms with Crippen molar-refractivity contribution in [3.8, 4) is 11.5 Å². The number of amides is 1. The van der Waals surface area contributed by atoms with Crippen LogP contribution in [0.25, 0.3) is 0 Å². The summed E-state index contributed by atoms with van der Waals surface area (Å²) in [7, 11) is 1.59. The molecule has 1 N–H and O–H groups in total. The molecule has 1 fully saturated rings. The van der Waals surface area contributed by atoms with E-state index >= 15 is 0 Å². The summed E-state index contributed by atoms with van der Waals surface area (Å²) in [5.74, 6) is 0.933. The zero-order valence-corrected chi connectivity index (χ0v) is 18.6. The second-order valence-electron chi connectivity index (χ2n) is 7.48. The SMILES string of the molecule is CCOc1ccc(C(CNC(=O)c2ccc(C)c([N+](=O)[O-])c2)N2CCOCC2)cc1OC. The van der Waals surface area contributed by atoms with Crippen LogP contribution in [0.1, 0.15) is 34.5 Å². The summed E-state index contributed by atoms with van der Waals surface area (Å²) < 4.78 is 16.6. The van der Waals surface area contributed by atoms with Gasteiger partial charge in [0.2, 0.25) is 0 Å². The molecule has 172 valence electrons.